The van der Waals surface area contributed by atoms with Crippen LogP contribution in [0.1, 0.15) is 17.2 Å². The lowest BCUT2D eigenvalue weighted by atomic mass is 9.96. The molecule has 1 aliphatic rings. The van der Waals surface area contributed by atoms with Crippen LogP contribution in [0.3, 0.4) is 0 Å². The van der Waals surface area contributed by atoms with E-state index in [0.717, 1.165) is 0 Å². The van der Waals surface area contributed by atoms with Crippen LogP contribution in [-0.2, 0) is 9.59 Å². The summed E-state index contributed by atoms with van der Waals surface area (Å²) in [6.07, 6.45) is 0. The molecule has 1 heterocycles. The van der Waals surface area contributed by atoms with Crippen LogP contribution in [0.5, 0.6) is 0 Å². The number of nitrogens with zero attached hydrogens (tertiary/aromatic N) is 2. The smallest absolute Gasteiger partial charge is 0.313 e. The van der Waals surface area contributed by atoms with Gasteiger partial charge in [0.1, 0.15) is 5.82 Å². The molecule has 158 valence electrons. The van der Waals surface area contributed by atoms with Gasteiger partial charge >= 0.3 is 11.8 Å². The highest BCUT2D eigenvalue weighted by Gasteiger charge is 2.30. The summed E-state index contributed by atoms with van der Waals surface area (Å²) in [5.74, 6) is -1.67. The molecule has 0 aliphatic carbocycles. The Bertz CT molecular complexity index is 978. The second kappa shape index (κ2) is 9.53. The lowest BCUT2D eigenvalue weighted by molar-refractivity contribution is -0.144. The fraction of sp³-hybridized carbons (Fsp3) is 0.200. The van der Waals surface area contributed by atoms with E-state index in [1.807, 2.05) is 36.4 Å². The third-order valence-corrected chi connectivity index (χ3v) is 5.49. The molecule has 3 aromatic carbocycles. The van der Waals surface area contributed by atoms with Gasteiger partial charge in [0.05, 0.1) is 6.04 Å². The molecule has 1 N–H and O–H groups in total. The van der Waals surface area contributed by atoms with Crippen LogP contribution in [0.15, 0.2) is 84.9 Å². The van der Waals surface area contributed by atoms with Crippen LogP contribution in [0, 0.1) is 5.82 Å². The zero-order chi connectivity index (χ0) is 21.6. The van der Waals surface area contributed by atoms with Gasteiger partial charge in [0.25, 0.3) is 0 Å². The number of benzene rings is 3. The molecule has 31 heavy (non-hydrogen) atoms. The maximum absolute atomic E-state index is 13.0. The minimum atomic E-state index is -0.706. The van der Waals surface area contributed by atoms with Crippen molar-refractivity contribution >= 4 is 17.5 Å². The lowest BCUT2D eigenvalue weighted by Gasteiger charge is -2.39. The van der Waals surface area contributed by atoms with Crippen LogP contribution in [0.4, 0.5) is 10.1 Å². The number of carbonyl (C=O) groups is 2. The maximum Gasteiger partial charge on any atom is 0.313 e. The van der Waals surface area contributed by atoms with Crippen molar-refractivity contribution < 1.29 is 14.0 Å². The Morgan fingerprint density at radius 2 is 1.26 bits per heavy atom. The first-order valence-electron chi connectivity index (χ1n) is 10.3. The van der Waals surface area contributed by atoms with E-state index in [2.05, 4.69) is 34.5 Å². The Morgan fingerprint density at radius 3 is 1.77 bits per heavy atom. The highest BCUT2D eigenvalue weighted by molar-refractivity contribution is 6.39. The van der Waals surface area contributed by atoms with Gasteiger partial charge in [0.2, 0.25) is 0 Å². The monoisotopic (exact) mass is 417 g/mol. The molecule has 0 atom stereocenters. The van der Waals surface area contributed by atoms with Gasteiger partial charge in [-0.05, 0) is 35.4 Å². The molecular weight excluding hydrogens is 393 g/mol. The molecule has 0 spiro atoms. The Morgan fingerprint density at radius 1 is 0.742 bits per heavy atom. The summed E-state index contributed by atoms with van der Waals surface area (Å²) in [6.45, 7) is 2.24. The van der Waals surface area contributed by atoms with Crippen molar-refractivity contribution in [3.8, 4) is 0 Å². The molecule has 1 fully saturated rings. The van der Waals surface area contributed by atoms with E-state index < -0.39 is 17.6 Å². The number of hydrogen-bond donors (Lipinski definition) is 1. The minimum Gasteiger partial charge on any atom is -0.332 e. The Labute approximate surface area is 181 Å². The Balaban J connectivity index is 1.42. The first-order chi connectivity index (χ1) is 15.1. The van der Waals surface area contributed by atoms with Crippen LogP contribution in [0.25, 0.3) is 0 Å². The summed E-state index contributed by atoms with van der Waals surface area (Å²) < 4.78 is 13.0. The normalized spacial score (nSPS) is 14.5. The molecule has 2 amide bonds. The van der Waals surface area contributed by atoms with Crippen molar-refractivity contribution in [3.05, 3.63) is 102 Å². The van der Waals surface area contributed by atoms with Gasteiger partial charge in [-0.1, -0.05) is 60.7 Å². The predicted octanol–water partition coefficient (Wildman–Crippen LogP) is 3.70. The molecule has 0 saturated carbocycles. The molecule has 0 bridgehead atoms. The summed E-state index contributed by atoms with van der Waals surface area (Å²) in [4.78, 5) is 28.9. The molecule has 4 rings (SSSR count). The van der Waals surface area contributed by atoms with Gasteiger partial charge < -0.3 is 10.2 Å². The number of halogens is 1. The van der Waals surface area contributed by atoms with Crippen LogP contribution in [-0.4, -0.2) is 47.8 Å². The van der Waals surface area contributed by atoms with Crippen molar-refractivity contribution in [2.75, 3.05) is 31.5 Å². The summed E-state index contributed by atoms with van der Waals surface area (Å²) >= 11 is 0. The van der Waals surface area contributed by atoms with Crippen LogP contribution >= 0.6 is 0 Å². The highest BCUT2D eigenvalue weighted by atomic mass is 19.1. The quantitative estimate of drug-likeness (QED) is 0.659. The number of anilines is 1. The molecule has 1 aliphatic heterocycles. The van der Waals surface area contributed by atoms with E-state index in [4.69, 9.17) is 0 Å². The fourth-order valence-corrected chi connectivity index (χ4v) is 3.93. The van der Waals surface area contributed by atoms with Crippen molar-refractivity contribution in [2.45, 2.75) is 6.04 Å². The minimum absolute atomic E-state index is 0.0905. The van der Waals surface area contributed by atoms with E-state index in [1.54, 1.807) is 4.90 Å². The first-order valence-corrected chi connectivity index (χ1v) is 10.3. The highest BCUT2D eigenvalue weighted by Crippen LogP contribution is 2.29. The second-order valence-electron chi connectivity index (χ2n) is 7.51. The summed E-state index contributed by atoms with van der Waals surface area (Å²) in [5, 5.41) is 2.54. The molecule has 0 radical (unpaired) electrons. The van der Waals surface area contributed by atoms with Gasteiger partial charge in [-0.25, -0.2) is 4.39 Å². The summed E-state index contributed by atoms with van der Waals surface area (Å²) in [5.41, 5.74) is 2.79. The van der Waals surface area contributed by atoms with Gasteiger partial charge in [0, 0.05) is 31.9 Å². The average molecular weight is 417 g/mol. The molecule has 1 saturated heterocycles. The van der Waals surface area contributed by atoms with Crippen molar-refractivity contribution in [3.63, 3.8) is 0 Å². The third-order valence-electron chi connectivity index (χ3n) is 5.49. The number of rotatable bonds is 4. The number of piperazine rings is 1. The number of carbonyl (C=O) groups excluding carboxylic acids is 2. The zero-order valence-electron chi connectivity index (χ0n) is 17.1. The Hall–Kier alpha value is -3.51. The largest absolute Gasteiger partial charge is 0.332 e. The maximum atomic E-state index is 13.0. The SMILES string of the molecule is O=C(Nc1ccc(F)cc1)C(=O)N1CCN(C(c2ccccc2)c2ccccc2)CC1. The van der Waals surface area contributed by atoms with Crippen molar-refractivity contribution in [1.82, 2.24) is 9.80 Å². The number of hydrogen-bond acceptors (Lipinski definition) is 3. The van der Waals surface area contributed by atoms with E-state index in [9.17, 15) is 14.0 Å². The van der Waals surface area contributed by atoms with Gasteiger partial charge in [-0.15, -0.1) is 0 Å². The number of amides is 2. The molecular formula is C25H24FN3O2. The van der Waals surface area contributed by atoms with E-state index >= 15 is 0 Å². The van der Waals surface area contributed by atoms with Crippen LogP contribution < -0.4 is 5.32 Å². The number of nitrogens with one attached hydrogen (secondary N) is 1. The summed E-state index contributed by atoms with van der Waals surface area (Å²) in [6, 6.07) is 26.0. The molecule has 0 unspecified atom stereocenters. The molecule has 3 aromatic rings. The topological polar surface area (TPSA) is 52.7 Å². The second-order valence-corrected chi connectivity index (χ2v) is 7.51. The van der Waals surface area contributed by atoms with Gasteiger partial charge in [0.15, 0.2) is 0 Å². The predicted molar refractivity (Wildman–Crippen MR) is 118 cm³/mol. The summed E-state index contributed by atoms with van der Waals surface area (Å²) in [7, 11) is 0. The fourth-order valence-electron chi connectivity index (χ4n) is 3.93. The molecule has 0 aromatic heterocycles. The van der Waals surface area contributed by atoms with Gasteiger partial charge in [-0.2, -0.15) is 0 Å². The van der Waals surface area contributed by atoms with E-state index in [1.165, 1.54) is 35.4 Å². The first kappa shape index (κ1) is 20.8. The standard InChI is InChI=1S/C25H24FN3O2/c26-21-11-13-22(14-12-21)27-24(30)25(31)29-17-15-28(16-18-29)23(19-7-3-1-4-8-19)20-9-5-2-6-10-20/h1-14,23H,15-18H2,(H,27,30). The van der Waals surface area contributed by atoms with Gasteiger partial charge in [-0.3, -0.25) is 14.5 Å². The van der Waals surface area contributed by atoms with E-state index in [0.29, 0.717) is 31.9 Å². The molecule has 6 heteroatoms. The van der Waals surface area contributed by atoms with Crippen LogP contribution in [0.2, 0.25) is 0 Å². The molecule has 5 nitrogen and oxygen atoms in total. The zero-order valence-corrected chi connectivity index (χ0v) is 17.1. The van der Waals surface area contributed by atoms with Crippen molar-refractivity contribution in [2.24, 2.45) is 0 Å². The van der Waals surface area contributed by atoms with E-state index in [-0.39, 0.29) is 6.04 Å². The average Bonchev–Trinajstić information content (AvgIpc) is 2.82. The Kier molecular flexibility index (Phi) is 6.38. The van der Waals surface area contributed by atoms with Crippen molar-refractivity contribution in [1.29, 1.82) is 0 Å². The third kappa shape index (κ3) is 4.98. The lowest BCUT2D eigenvalue weighted by Crippen LogP contribution is -2.52.